The number of amides is 1. The van der Waals surface area contributed by atoms with Gasteiger partial charge in [-0.25, -0.2) is 0 Å². The van der Waals surface area contributed by atoms with Gasteiger partial charge >= 0.3 is 0 Å². The molecule has 24 aliphatic heterocycles. The zero-order valence-corrected chi connectivity index (χ0v) is 57.5. The standard InChI is InChI=1S/C60H99NO49/c62-2-13-12(94-53-34(82)25(73)26(74)49(110-53)50(90)61-22-24(72)23(71)14(3-63)93-51(22)91)1-11(70)52(95-13)92-10-21-48-33(81)41(89)60(102-21)108-47-20(9-69)100-58(39(87)31(47)79)106-45-18(7-67)98-56(37(85)29(45)77)104-43-16(5-65)96-54(35(83)27(43)75)103-42-15(4-64)97-55(36(84)28(42)76)105-44-17(6-66)99-57(38(86)30(44)78)107-46-19(8-68)101-59(109-48)40(88)32(46)80/h11-49,51-60,62-89,91H,1-10H2,(H,61,90)/t11-,12+,13-,14-,15-,16-,17-,18-,19-,20-,21-,22+,23-,24-,25+,26+,27-,28-,29-,30-,31+,32-,33-,34-,35-,36-,37+,38-,39+,40-,41-,42-,43-,44-,45-,46-,47-,48-,49+,51?,52?,53+,54-,55-,56-,57-,58?,59-,60-/m1/s1. The van der Waals surface area contributed by atoms with E-state index in [1.165, 1.54) is 0 Å². The third kappa shape index (κ3) is 17.8. The first-order chi connectivity index (χ1) is 52.3. The van der Waals surface area contributed by atoms with Crippen LogP contribution in [0.25, 0.3) is 0 Å². The topological polar surface area (TPSA) is 791 Å². The quantitative estimate of drug-likeness (QED) is 0.0724. The highest BCUT2D eigenvalue weighted by Crippen LogP contribution is 2.41. The number of hydrogen-bond donors (Lipinski definition) is 30. The summed E-state index contributed by atoms with van der Waals surface area (Å²) >= 11 is 0. The normalized spacial score (nSPS) is 54.3. The first-order valence-corrected chi connectivity index (χ1v) is 35.2. The fourth-order valence-electron chi connectivity index (χ4n) is 14.7. The molecule has 50 nitrogen and oxygen atoms in total. The van der Waals surface area contributed by atoms with Gasteiger partial charge in [-0.1, -0.05) is 0 Å². The molecule has 50 heteroatoms. The van der Waals surface area contributed by atoms with E-state index < -0.39 is 373 Å². The van der Waals surface area contributed by atoms with E-state index in [-0.39, 0.29) is 0 Å². The van der Waals surface area contributed by atoms with Gasteiger partial charge in [0.2, 0.25) is 0 Å². The summed E-state index contributed by atoms with van der Waals surface area (Å²) in [6.07, 6.45) is -102. The van der Waals surface area contributed by atoms with Crippen molar-refractivity contribution in [2.24, 2.45) is 0 Å². The molecule has 24 fully saturated rings. The van der Waals surface area contributed by atoms with Crippen molar-refractivity contribution >= 4 is 5.91 Å². The Morgan fingerprint density at radius 2 is 0.564 bits per heavy atom. The predicted octanol–water partition coefficient (Wildman–Crippen LogP) is -21.6. The van der Waals surface area contributed by atoms with Gasteiger partial charge in [-0.2, -0.15) is 0 Å². The Hall–Kier alpha value is -2.45. The van der Waals surface area contributed by atoms with Crippen molar-refractivity contribution in [3.05, 3.63) is 0 Å². The fraction of sp³-hybridized carbons (Fsp3) is 0.983. The van der Waals surface area contributed by atoms with Crippen molar-refractivity contribution in [1.82, 2.24) is 5.32 Å². The number of aliphatic hydroxyl groups is 29. The molecule has 0 radical (unpaired) electrons. The van der Waals surface area contributed by atoms with Gasteiger partial charge < -0.3 is 243 Å². The SMILES string of the molecule is O=C(N[C@@H]1C(O)O[C@H](CO)[C@@H](O)[C@@H]1O)[C@H]1O[C@H](O[C@H]2C[C@@H](O)C(OC[C@H]3O[C@@H]4O[C@H]5[C@@H](O)[C@H](O)C(O[C@H]6[C@H](O)[C@H](O)[C@@H](O[C@H]7[C@H](O)[C@@H](O)[C@@H](O[C@H]8[C@H](O)[C@@H](O)[C@@H](O[C@H]9[C@H](O)[C@@H](O)[C@@H](O[C@H]%10[C@H](O)[C@@H](O)[C@@H](O[C@H]3[C@H](O)[C@H]4O)O[C@@H]%10CO)O[C@@H]9CO)O[C@@H]8CO)O[C@@H]7CO)O[C@@H]6CO)O[C@@H]5CO)O[C@@H]2CO)[C@H](O)[C@@H](O)[C@@H]1O. The van der Waals surface area contributed by atoms with Crippen LogP contribution in [0.15, 0.2) is 0 Å². The molecule has 0 aromatic carbocycles. The molecule has 1 amide bonds. The molecule has 30 N–H and O–H groups in total. The summed E-state index contributed by atoms with van der Waals surface area (Å²) in [4.78, 5) is 13.5. The zero-order valence-electron chi connectivity index (χ0n) is 57.5. The van der Waals surface area contributed by atoms with Crippen molar-refractivity contribution in [2.45, 2.75) is 307 Å². The van der Waals surface area contributed by atoms with Crippen LogP contribution in [0.2, 0.25) is 0 Å². The Labute approximate surface area is 619 Å². The van der Waals surface area contributed by atoms with Gasteiger partial charge in [0, 0.05) is 6.42 Å². The van der Waals surface area contributed by atoms with Crippen molar-refractivity contribution in [3.63, 3.8) is 0 Å². The molecule has 638 valence electrons. The number of hydrogen-bond acceptors (Lipinski definition) is 49. The lowest BCUT2D eigenvalue weighted by Crippen LogP contribution is -2.68. The maximum absolute atomic E-state index is 13.5. The number of ether oxygens (including phenoxy) is 19. The van der Waals surface area contributed by atoms with Crippen molar-refractivity contribution in [1.29, 1.82) is 0 Å². The lowest BCUT2D eigenvalue weighted by atomic mass is 9.95. The summed E-state index contributed by atoms with van der Waals surface area (Å²) in [5, 5.41) is 324. The Morgan fingerprint density at radius 1 is 0.273 bits per heavy atom. The van der Waals surface area contributed by atoms with Crippen molar-refractivity contribution in [3.8, 4) is 0 Å². The van der Waals surface area contributed by atoms with E-state index in [9.17, 15) is 153 Å². The Morgan fingerprint density at radius 3 is 0.864 bits per heavy atom. The average molecular weight is 1620 g/mol. The third-order valence-corrected chi connectivity index (χ3v) is 21.1. The molecule has 3 unspecified atom stereocenters. The van der Waals surface area contributed by atoms with Crippen molar-refractivity contribution in [2.75, 3.05) is 59.5 Å². The summed E-state index contributed by atoms with van der Waals surface area (Å²) in [5.41, 5.74) is 0. The van der Waals surface area contributed by atoms with Crippen LogP contribution in [0.5, 0.6) is 0 Å². The molecule has 0 spiro atoms. The van der Waals surface area contributed by atoms with Gasteiger partial charge in [0.1, 0.15) is 226 Å². The van der Waals surface area contributed by atoms with Crippen LogP contribution in [0.4, 0.5) is 0 Å². The molecular formula is C60H99NO49. The predicted molar refractivity (Wildman–Crippen MR) is 327 cm³/mol. The van der Waals surface area contributed by atoms with E-state index in [4.69, 9.17) is 90.0 Å². The largest absolute Gasteiger partial charge is 0.394 e. The number of carbonyl (C=O) groups excluding carboxylic acids is 1. The molecule has 14 bridgehead atoms. The molecule has 24 rings (SSSR count). The first kappa shape index (κ1) is 88.4. The number of carbonyl (C=O) groups is 1. The number of aliphatic hydroxyl groups excluding tert-OH is 29. The maximum Gasteiger partial charge on any atom is 0.252 e. The molecular weight excluding hydrogens is 1520 g/mol. The van der Waals surface area contributed by atoms with Crippen LogP contribution in [0.1, 0.15) is 6.42 Å². The van der Waals surface area contributed by atoms with Gasteiger partial charge in [0.15, 0.2) is 69.0 Å². The minimum atomic E-state index is -2.45. The molecule has 24 saturated heterocycles. The molecule has 0 saturated carbocycles. The van der Waals surface area contributed by atoms with Gasteiger partial charge in [0.25, 0.3) is 5.91 Å². The monoisotopic (exact) mass is 1620 g/mol. The maximum atomic E-state index is 13.5. The van der Waals surface area contributed by atoms with Crippen LogP contribution < -0.4 is 5.32 Å². The summed E-state index contributed by atoms with van der Waals surface area (Å²) in [6.45, 7) is -9.87. The van der Waals surface area contributed by atoms with Gasteiger partial charge in [-0.3, -0.25) is 4.79 Å². The van der Waals surface area contributed by atoms with Crippen LogP contribution in [-0.4, -0.2) is 514 Å². The molecule has 110 heavy (non-hydrogen) atoms. The molecule has 24 heterocycles. The Kier molecular flexibility index (Phi) is 30.2. The second kappa shape index (κ2) is 37.7. The summed E-state index contributed by atoms with van der Waals surface area (Å²) < 4.78 is 109. The highest BCUT2D eigenvalue weighted by Gasteiger charge is 2.61. The van der Waals surface area contributed by atoms with Gasteiger partial charge in [-0.05, 0) is 0 Å². The van der Waals surface area contributed by atoms with Crippen LogP contribution >= 0.6 is 0 Å². The molecule has 0 aromatic rings. The first-order valence-electron chi connectivity index (χ1n) is 35.2. The second-order valence-corrected chi connectivity index (χ2v) is 28.2. The smallest absolute Gasteiger partial charge is 0.252 e. The highest BCUT2D eigenvalue weighted by atomic mass is 16.8. The van der Waals surface area contributed by atoms with Crippen LogP contribution in [0.3, 0.4) is 0 Å². The van der Waals surface area contributed by atoms with Gasteiger partial charge in [0.05, 0.1) is 65.6 Å². The van der Waals surface area contributed by atoms with E-state index in [1.54, 1.807) is 0 Å². The highest BCUT2D eigenvalue weighted by molar-refractivity contribution is 5.82. The summed E-state index contributed by atoms with van der Waals surface area (Å²) in [6, 6.07) is -1.85. The second-order valence-electron chi connectivity index (χ2n) is 28.2. The number of nitrogens with one attached hydrogen (secondary N) is 1. The van der Waals surface area contributed by atoms with E-state index in [0.717, 1.165) is 0 Å². The fourth-order valence-corrected chi connectivity index (χ4v) is 14.7. The lowest BCUT2D eigenvalue weighted by molar-refractivity contribution is -0.399. The Balaban J connectivity index is 0.848. The van der Waals surface area contributed by atoms with Crippen LogP contribution in [-0.2, 0) is 94.8 Å². The zero-order chi connectivity index (χ0) is 80.1. The molecule has 0 aromatic heterocycles. The average Bonchev–Trinajstić information content (AvgIpc) is 0.765. The molecule has 49 atom stereocenters. The Bertz CT molecular complexity index is 2850. The summed E-state index contributed by atoms with van der Waals surface area (Å²) in [7, 11) is 0. The van der Waals surface area contributed by atoms with Gasteiger partial charge in [-0.15, -0.1) is 0 Å². The number of rotatable bonds is 15. The third-order valence-electron chi connectivity index (χ3n) is 21.1. The lowest BCUT2D eigenvalue weighted by Gasteiger charge is -2.50. The van der Waals surface area contributed by atoms with E-state index in [2.05, 4.69) is 5.32 Å². The summed E-state index contributed by atoms with van der Waals surface area (Å²) in [5.74, 6) is -1.40. The molecule has 24 aliphatic rings. The van der Waals surface area contributed by atoms with Crippen LogP contribution in [0, 0.1) is 0 Å². The minimum Gasteiger partial charge on any atom is -0.394 e. The van der Waals surface area contributed by atoms with Crippen molar-refractivity contribution < 1.29 is 243 Å². The van der Waals surface area contributed by atoms with E-state index >= 15 is 0 Å². The minimum absolute atomic E-state index is 0.689. The van der Waals surface area contributed by atoms with E-state index in [1.807, 2.05) is 0 Å². The van der Waals surface area contributed by atoms with E-state index in [0.29, 0.717) is 0 Å². The molecule has 0 aliphatic carbocycles.